The highest BCUT2D eigenvalue weighted by atomic mass is 16.2. The van der Waals surface area contributed by atoms with Gasteiger partial charge in [-0.1, -0.05) is 12.1 Å². The van der Waals surface area contributed by atoms with Gasteiger partial charge in [-0.2, -0.15) is 5.26 Å². The average Bonchev–Trinajstić information content (AvgIpc) is 2.38. The highest BCUT2D eigenvalue weighted by Gasteiger charge is 2.00. The number of urea groups is 1. The fraction of sp³-hybridized carbons (Fsp3) is 0.385. The molecular weight excluding hydrogens is 228 g/mol. The van der Waals surface area contributed by atoms with Gasteiger partial charge in [-0.05, 0) is 17.7 Å². The molecule has 0 saturated carbocycles. The Bertz CT molecular complexity index is 437. The first-order valence-electron chi connectivity index (χ1n) is 5.78. The van der Waals surface area contributed by atoms with E-state index in [-0.39, 0.29) is 6.03 Å². The summed E-state index contributed by atoms with van der Waals surface area (Å²) in [6, 6.07) is 9.47. The minimum absolute atomic E-state index is 0.0942. The van der Waals surface area contributed by atoms with E-state index in [0.717, 1.165) is 5.56 Å². The Labute approximate surface area is 107 Å². The number of benzene rings is 1. The van der Waals surface area contributed by atoms with Crippen molar-refractivity contribution in [3.8, 4) is 6.07 Å². The summed E-state index contributed by atoms with van der Waals surface area (Å²) in [7, 11) is 3.41. The number of nitriles is 1. The summed E-state index contributed by atoms with van der Waals surface area (Å²) in [6.45, 7) is 1.96. The molecule has 18 heavy (non-hydrogen) atoms. The van der Waals surface area contributed by atoms with Gasteiger partial charge in [0, 0.05) is 33.7 Å². The van der Waals surface area contributed by atoms with Gasteiger partial charge in [0.15, 0.2) is 0 Å². The van der Waals surface area contributed by atoms with Crippen molar-refractivity contribution < 1.29 is 4.79 Å². The molecule has 2 amide bonds. The molecule has 0 radical (unpaired) electrons. The smallest absolute Gasteiger partial charge is 0.316 e. The number of nitrogens with zero attached hydrogens (tertiary/aromatic N) is 2. The maximum Gasteiger partial charge on any atom is 0.316 e. The first-order chi connectivity index (χ1) is 8.63. The lowest BCUT2D eigenvalue weighted by atomic mass is 10.1. The fourth-order valence-corrected chi connectivity index (χ4v) is 1.40. The van der Waals surface area contributed by atoms with Gasteiger partial charge in [-0.15, -0.1) is 0 Å². The first-order valence-corrected chi connectivity index (χ1v) is 5.78. The van der Waals surface area contributed by atoms with E-state index in [1.807, 2.05) is 18.2 Å². The van der Waals surface area contributed by atoms with E-state index < -0.39 is 0 Å². The molecule has 0 spiro atoms. The molecule has 0 atom stereocenters. The summed E-state index contributed by atoms with van der Waals surface area (Å²) in [6.07, 6.45) is 0. The maximum atomic E-state index is 11.2. The van der Waals surface area contributed by atoms with Crippen LogP contribution < -0.4 is 10.6 Å². The number of nitrogens with one attached hydrogen (secondary N) is 2. The minimum Gasteiger partial charge on any atom is -0.337 e. The van der Waals surface area contributed by atoms with Crippen molar-refractivity contribution in [3.05, 3.63) is 35.4 Å². The standard InChI is InChI=1S/C13H18N4O/c1-17(2)13(18)16-7-6-15-10-12-5-3-4-11(8-12)9-14/h3-5,8,15H,6-7,10H2,1-2H3,(H,16,18). The molecule has 1 rings (SSSR count). The number of rotatable bonds is 5. The number of carbonyl (C=O) groups excluding carboxylic acids is 1. The van der Waals surface area contributed by atoms with E-state index in [9.17, 15) is 4.79 Å². The van der Waals surface area contributed by atoms with E-state index in [1.54, 1.807) is 20.2 Å². The lowest BCUT2D eigenvalue weighted by Gasteiger charge is -2.12. The Morgan fingerprint density at radius 2 is 2.17 bits per heavy atom. The van der Waals surface area contributed by atoms with Crippen LogP contribution in [0, 0.1) is 11.3 Å². The summed E-state index contributed by atoms with van der Waals surface area (Å²) in [4.78, 5) is 12.7. The van der Waals surface area contributed by atoms with E-state index in [2.05, 4.69) is 16.7 Å². The van der Waals surface area contributed by atoms with Crippen LogP contribution in [0.1, 0.15) is 11.1 Å². The van der Waals surface area contributed by atoms with Crippen molar-refractivity contribution in [2.75, 3.05) is 27.2 Å². The number of carbonyl (C=O) groups is 1. The molecule has 5 heteroatoms. The van der Waals surface area contributed by atoms with Gasteiger partial charge in [-0.3, -0.25) is 0 Å². The lowest BCUT2D eigenvalue weighted by molar-refractivity contribution is 0.217. The molecule has 0 aliphatic heterocycles. The Morgan fingerprint density at radius 1 is 1.39 bits per heavy atom. The number of hydrogen-bond donors (Lipinski definition) is 2. The zero-order valence-electron chi connectivity index (χ0n) is 10.7. The van der Waals surface area contributed by atoms with Crippen LogP contribution in [0.4, 0.5) is 4.79 Å². The molecule has 1 aromatic carbocycles. The summed E-state index contributed by atoms with van der Waals surface area (Å²) in [5, 5.41) is 14.7. The summed E-state index contributed by atoms with van der Waals surface area (Å²) < 4.78 is 0. The van der Waals surface area contributed by atoms with Crippen LogP contribution in [0.25, 0.3) is 0 Å². The largest absolute Gasteiger partial charge is 0.337 e. The molecule has 0 aliphatic rings. The van der Waals surface area contributed by atoms with Crippen LogP contribution in [0.2, 0.25) is 0 Å². The van der Waals surface area contributed by atoms with Gasteiger partial charge in [-0.25, -0.2) is 4.79 Å². The van der Waals surface area contributed by atoms with Gasteiger partial charge in [0.1, 0.15) is 0 Å². The van der Waals surface area contributed by atoms with Crippen LogP contribution in [0.5, 0.6) is 0 Å². The molecule has 0 bridgehead atoms. The van der Waals surface area contributed by atoms with E-state index in [1.165, 1.54) is 4.90 Å². The highest BCUT2D eigenvalue weighted by molar-refractivity contribution is 5.73. The Hall–Kier alpha value is -2.06. The minimum atomic E-state index is -0.0942. The molecule has 96 valence electrons. The van der Waals surface area contributed by atoms with Crippen LogP contribution in [-0.2, 0) is 6.54 Å². The molecule has 0 heterocycles. The molecule has 0 unspecified atom stereocenters. The fourth-order valence-electron chi connectivity index (χ4n) is 1.40. The van der Waals surface area contributed by atoms with Crippen molar-refractivity contribution in [2.24, 2.45) is 0 Å². The van der Waals surface area contributed by atoms with Crippen molar-refractivity contribution in [3.63, 3.8) is 0 Å². The summed E-state index contributed by atoms with van der Waals surface area (Å²) >= 11 is 0. The third kappa shape index (κ3) is 4.85. The normalized spacial score (nSPS) is 9.61. The summed E-state index contributed by atoms with van der Waals surface area (Å²) in [5.41, 5.74) is 1.73. The molecule has 1 aromatic rings. The molecule has 0 saturated heterocycles. The molecule has 5 nitrogen and oxygen atoms in total. The van der Waals surface area contributed by atoms with Gasteiger partial charge < -0.3 is 15.5 Å². The van der Waals surface area contributed by atoms with Gasteiger partial charge in [0.25, 0.3) is 0 Å². The monoisotopic (exact) mass is 246 g/mol. The van der Waals surface area contributed by atoms with Crippen LogP contribution in [0.3, 0.4) is 0 Å². The predicted molar refractivity (Wildman–Crippen MR) is 69.9 cm³/mol. The zero-order valence-corrected chi connectivity index (χ0v) is 10.7. The second-order valence-corrected chi connectivity index (χ2v) is 4.12. The molecular formula is C13H18N4O. The number of hydrogen-bond acceptors (Lipinski definition) is 3. The third-order valence-corrected chi connectivity index (χ3v) is 2.37. The number of amides is 2. The second kappa shape index (κ2) is 7.30. The van der Waals surface area contributed by atoms with Crippen LogP contribution >= 0.6 is 0 Å². The van der Waals surface area contributed by atoms with E-state index in [4.69, 9.17) is 5.26 Å². The quantitative estimate of drug-likeness (QED) is 0.759. The Balaban J connectivity index is 2.22. The van der Waals surface area contributed by atoms with Crippen LogP contribution in [0.15, 0.2) is 24.3 Å². The molecule has 0 fully saturated rings. The molecule has 0 aliphatic carbocycles. The maximum absolute atomic E-state index is 11.2. The average molecular weight is 246 g/mol. The topological polar surface area (TPSA) is 68.2 Å². The van der Waals surface area contributed by atoms with Gasteiger partial charge in [0.05, 0.1) is 11.6 Å². The molecule has 2 N–H and O–H groups in total. The van der Waals surface area contributed by atoms with Crippen molar-refractivity contribution in [2.45, 2.75) is 6.54 Å². The van der Waals surface area contributed by atoms with Crippen molar-refractivity contribution in [1.29, 1.82) is 5.26 Å². The SMILES string of the molecule is CN(C)C(=O)NCCNCc1cccc(C#N)c1. The van der Waals surface area contributed by atoms with E-state index >= 15 is 0 Å². The zero-order chi connectivity index (χ0) is 13.4. The van der Waals surface area contributed by atoms with E-state index in [0.29, 0.717) is 25.2 Å². The Morgan fingerprint density at radius 3 is 2.83 bits per heavy atom. The first kappa shape index (κ1) is 14.0. The second-order valence-electron chi connectivity index (χ2n) is 4.12. The van der Waals surface area contributed by atoms with Crippen molar-refractivity contribution in [1.82, 2.24) is 15.5 Å². The van der Waals surface area contributed by atoms with Gasteiger partial charge >= 0.3 is 6.03 Å². The highest BCUT2D eigenvalue weighted by Crippen LogP contribution is 2.03. The third-order valence-electron chi connectivity index (χ3n) is 2.37. The Kier molecular flexibility index (Phi) is 5.68. The van der Waals surface area contributed by atoms with Crippen LogP contribution in [-0.4, -0.2) is 38.1 Å². The summed E-state index contributed by atoms with van der Waals surface area (Å²) in [5.74, 6) is 0. The van der Waals surface area contributed by atoms with Crippen molar-refractivity contribution >= 4 is 6.03 Å². The van der Waals surface area contributed by atoms with Gasteiger partial charge in [0.2, 0.25) is 0 Å². The lowest BCUT2D eigenvalue weighted by Crippen LogP contribution is -2.38. The predicted octanol–water partition coefficient (Wildman–Crippen LogP) is 0.919. The molecule has 0 aromatic heterocycles.